The Kier molecular flexibility index (Phi) is 3.94. The number of anilines is 2. The monoisotopic (exact) mass is 279 g/mol. The number of thiol groups is 1. The summed E-state index contributed by atoms with van der Waals surface area (Å²) in [6.07, 6.45) is 1.38. The van der Waals surface area contributed by atoms with Gasteiger partial charge in [-0.15, -0.1) is 0 Å². The summed E-state index contributed by atoms with van der Waals surface area (Å²) in [6.45, 7) is 2.95. The standard InChI is InChI=1S/C8H13N3O4S2/c1-3-8(2,6(12)13)11(17(14)15)5-4-10-7(9)16-5/h4,17H,3H2,1-2H3,(H2,9,10)(H,12,13). The van der Waals surface area contributed by atoms with Crippen LogP contribution in [0.3, 0.4) is 0 Å². The molecule has 1 unspecified atom stereocenters. The number of rotatable bonds is 5. The molecule has 0 aliphatic heterocycles. The second kappa shape index (κ2) is 4.88. The van der Waals surface area contributed by atoms with Gasteiger partial charge in [-0.25, -0.2) is 22.5 Å². The van der Waals surface area contributed by atoms with Crippen molar-refractivity contribution in [3.8, 4) is 0 Å². The van der Waals surface area contributed by atoms with Gasteiger partial charge in [-0.05, 0) is 13.3 Å². The molecule has 0 bridgehead atoms. The predicted molar refractivity (Wildman–Crippen MR) is 65.7 cm³/mol. The van der Waals surface area contributed by atoms with Gasteiger partial charge in [0.2, 0.25) is 10.9 Å². The Balaban J connectivity index is 3.31. The second-order valence-corrected chi connectivity index (χ2v) is 5.44. The minimum absolute atomic E-state index is 0.128. The SMILES string of the molecule is CCC(C)(C(=O)O)N(c1cnc(N)s1)[SH](=O)=O. The molecule has 0 aromatic carbocycles. The number of aliphatic carboxylic acids is 1. The zero-order valence-electron chi connectivity index (χ0n) is 9.28. The molecule has 0 saturated heterocycles. The van der Waals surface area contributed by atoms with E-state index in [1.807, 2.05) is 0 Å². The van der Waals surface area contributed by atoms with Crippen molar-refractivity contribution in [1.82, 2.24) is 4.98 Å². The molecular formula is C8H13N3O4S2. The fourth-order valence-corrected chi connectivity index (χ4v) is 3.11. The predicted octanol–water partition coefficient (Wildman–Crippen LogP) is 0.311. The van der Waals surface area contributed by atoms with Crippen molar-refractivity contribution in [1.29, 1.82) is 0 Å². The van der Waals surface area contributed by atoms with Gasteiger partial charge >= 0.3 is 5.97 Å². The van der Waals surface area contributed by atoms with E-state index in [1.54, 1.807) is 6.92 Å². The quantitative estimate of drug-likeness (QED) is 0.668. The summed E-state index contributed by atoms with van der Waals surface area (Å²) in [5.41, 5.74) is 3.88. The molecule has 9 heteroatoms. The van der Waals surface area contributed by atoms with E-state index in [1.165, 1.54) is 13.1 Å². The Morgan fingerprint density at radius 1 is 1.71 bits per heavy atom. The third kappa shape index (κ3) is 2.50. The van der Waals surface area contributed by atoms with Crippen LogP contribution in [0.1, 0.15) is 20.3 Å². The normalized spacial score (nSPS) is 14.5. The van der Waals surface area contributed by atoms with Gasteiger partial charge in [0, 0.05) is 0 Å². The lowest BCUT2D eigenvalue weighted by molar-refractivity contribution is -0.142. The van der Waals surface area contributed by atoms with E-state index in [0.29, 0.717) is 0 Å². The molecule has 0 spiro atoms. The number of nitrogens with two attached hydrogens (primary N) is 1. The van der Waals surface area contributed by atoms with Crippen LogP contribution in [-0.2, 0) is 15.7 Å². The summed E-state index contributed by atoms with van der Waals surface area (Å²) in [6, 6.07) is 0. The summed E-state index contributed by atoms with van der Waals surface area (Å²) < 4.78 is 23.3. The molecule has 7 nitrogen and oxygen atoms in total. The average molecular weight is 279 g/mol. The average Bonchev–Trinajstić information content (AvgIpc) is 2.63. The van der Waals surface area contributed by atoms with Crippen LogP contribution in [0.15, 0.2) is 6.20 Å². The molecule has 0 aliphatic carbocycles. The Labute approximate surface area is 104 Å². The maximum atomic E-state index is 11.3. The minimum atomic E-state index is -3.09. The van der Waals surface area contributed by atoms with E-state index in [9.17, 15) is 13.2 Å². The lowest BCUT2D eigenvalue weighted by Gasteiger charge is -2.32. The lowest BCUT2D eigenvalue weighted by Crippen LogP contribution is -2.51. The van der Waals surface area contributed by atoms with Crippen LogP contribution < -0.4 is 10.0 Å². The van der Waals surface area contributed by atoms with Crippen LogP contribution in [0.4, 0.5) is 10.1 Å². The topological polar surface area (TPSA) is 114 Å². The van der Waals surface area contributed by atoms with Crippen molar-refractivity contribution in [3.63, 3.8) is 0 Å². The van der Waals surface area contributed by atoms with Gasteiger partial charge < -0.3 is 10.8 Å². The highest BCUT2D eigenvalue weighted by Gasteiger charge is 2.41. The Morgan fingerprint density at radius 3 is 2.59 bits per heavy atom. The highest BCUT2D eigenvalue weighted by molar-refractivity contribution is 7.74. The molecule has 0 aliphatic rings. The first-order valence-electron chi connectivity index (χ1n) is 4.72. The number of carbonyl (C=O) groups is 1. The molecule has 96 valence electrons. The smallest absolute Gasteiger partial charge is 0.330 e. The lowest BCUT2D eigenvalue weighted by atomic mass is 10.00. The van der Waals surface area contributed by atoms with E-state index in [2.05, 4.69) is 4.98 Å². The van der Waals surface area contributed by atoms with E-state index < -0.39 is 22.4 Å². The summed E-state index contributed by atoms with van der Waals surface area (Å²) in [5.74, 6) is -1.22. The first kappa shape index (κ1) is 13.7. The number of hydrogen-bond donors (Lipinski definition) is 3. The molecule has 1 aromatic rings. The molecule has 0 saturated carbocycles. The molecule has 1 atom stereocenters. The van der Waals surface area contributed by atoms with Crippen molar-refractivity contribution in [2.45, 2.75) is 25.8 Å². The zero-order chi connectivity index (χ0) is 13.2. The number of nitrogen functional groups attached to an aromatic ring is 1. The third-order valence-electron chi connectivity index (χ3n) is 2.50. The molecule has 1 rings (SSSR count). The van der Waals surface area contributed by atoms with Gasteiger partial charge in [0.1, 0.15) is 5.00 Å². The molecule has 17 heavy (non-hydrogen) atoms. The van der Waals surface area contributed by atoms with Gasteiger partial charge in [0.25, 0.3) is 0 Å². The molecule has 1 heterocycles. The largest absolute Gasteiger partial charge is 0.479 e. The summed E-state index contributed by atoms with van der Waals surface area (Å²) in [4.78, 5) is 14.9. The van der Waals surface area contributed by atoms with Crippen LogP contribution >= 0.6 is 11.3 Å². The minimum Gasteiger partial charge on any atom is -0.479 e. The van der Waals surface area contributed by atoms with Crippen molar-refractivity contribution in [3.05, 3.63) is 6.20 Å². The highest BCUT2D eigenvalue weighted by Crippen LogP contribution is 2.32. The fraction of sp³-hybridized carbons (Fsp3) is 0.500. The number of aromatic nitrogens is 1. The molecule has 0 radical (unpaired) electrons. The van der Waals surface area contributed by atoms with Crippen molar-refractivity contribution >= 4 is 38.3 Å². The van der Waals surface area contributed by atoms with Gasteiger partial charge in [0.15, 0.2) is 10.7 Å². The van der Waals surface area contributed by atoms with Gasteiger partial charge in [-0.1, -0.05) is 18.3 Å². The fourth-order valence-electron chi connectivity index (χ4n) is 1.27. The van der Waals surface area contributed by atoms with E-state index >= 15 is 0 Å². The maximum absolute atomic E-state index is 11.3. The Hall–Kier alpha value is -1.35. The molecule has 3 N–H and O–H groups in total. The van der Waals surface area contributed by atoms with E-state index in [-0.39, 0.29) is 16.6 Å². The first-order chi connectivity index (χ1) is 7.82. The van der Waals surface area contributed by atoms with Gasteiger partial charge in [-0.3, -0.25) is 0 Å². The first-order valence-corrected chi connectivity index (χ1v) is 6.66. The Bertz CT molecular complexity index is 491. The van der Waals surface area contributed by atoms with Crippen molar-refractivity contribution in [2.24, 2.45) is 0 Å². The van der Waals surface area contributed by atoms with Crippen LogP contribution in [-0.4, -0.2) is 30.0 Å². The van der Waals surface area contributed by atoms with Crippen LogP contribution in [0, 0.1) is 0 Å². The van der Waals surface area contributed by atoms with Gasteiger partial charge in [0.05, 0.1) is 6.20 Å². The van der Waals surface area contributed by atoms with E-state index in [0.717, 1.165) is 15.6 Å². The van der Waals surface area contributed by atoms with Crippen LogP contribution in [0.5, 0.6) is 0 Å². The number of nitrogens with zero attached hydrogens (tertiary/aromatic N) is 2. The summed E-state index contributed by atoms with van der Waals surface area (Å²) >= 11 is 0.929. The molecular weight excluding hydrogens is 266 g/mol. The summed E-state index contributed by atoms with van der Waals surface area (Å²) in [5, 5.41) is 9.55. The third-order valence-corrected chi connectivity index (χ3v) is 4.43. The van der Waals surface area contributed by atoms with E-state index in [4.69, 9.17) is 10.8 Å². The number of thiazole rings is 1. The zero-order valence-corrected chi connectivity index (χ0v) is 11.0. The van der Waals surface area contributed by atoms with Crippen molar-refractivity contribution < 1.29 is 18.3 Å². The van der Waals surface area contributed by atoms with Gasteiger partial charge in [-0.2, -0.15) is 0 Å². The van der Waals surface area contributed by atoms with Crippen LogP contribution in [0.25, 0.3) is 0 Å². The van der Waals surface area contributed by atoms with Crippen molar-refractivity contribution in [2.75, 3.05) is 10.0 Å². The van der Waals surface area contributed by atoms with Crippen LogP contribution in [0.2, 0.25) is 0 Å². The molecule has 0 fully saturated rings. The molecule has 1 aromatic heterocycles. The number of carboxylic acids is 1. The maximum Gasteiger partial charge on any atom is 0.330 e. The Morgan fingerprint density at radius 2 is 2.29 bits per heavy atom. The highest BCUT2D eigenvalue weighted by atomic mass is 32.2. The number of hydrogen-bond acceptors (Lipinski definition) is 6. The molecule has 0 amide bonds. The summed E-state index contributed by atoms with van der Waals surface area (Å²) in [7, 11) is -3.09. The number of carboxylic acid groups (broad SMARTS) is 1. The second-order valence-electron chi connectivity index (χ2n) is 3.52.